The lowest BCUT2D eigenvalue weighted by atomic mass is 10.1. The molecule has 1 N–H and O–H groups in total. The zero-order chi connectivity index (χ0) is 18.3. The van der Waals surface area contributed by atoms with Gasteiger partial charge in [0.15, 0.2) is 6.29 Å². The molecule has 1 aliphatic carbocycles. The fourth-order valence-corrected chi connectivity index (χ4v) is 4.15. The highest BCUT2D eigenvalue weighted by molar-refractivity contribution is 6.31. The summed E-state index contributed by atoms with van der Waals surface area (Å²) in [6.07, 6.45) is 1.56. The number of aldehydes is 1. The van der Waals surface area contributed by atoms with Crippen LogP contribution in [0.25, 0.3) is 10.9 Å². The van der Waals surface area contributed by atoms with Crippen LogP contribution in [0.3, 0.4) is 0 Å². The smallest absolute Gasteiger partial charge is 0.235 e. The summed E-state index contributed by atoms with van der Waals surface area (Å²) in [6.45, 7) is 0. The number of aromatic nitrogens is 1. The average Bonchev–Trinajstić information content (AvgIpc) is 3.19. The van der Waals surface area contributed by atoms with E-state index in [0.717, 1.165) is 34.7 Å². The van der Waals surface area contributed by atoms with Gasteiger partial charge in [-0.2, -0.15) is 0 Å². The maximum Gasteiger partial charge on any atom is 0.235 e. The van der Waals surface area contributed by atoms with Gasteiger partial charge in [-0.1, -0.05) is 35.9 Å². The van der Waals surface area contributed by atoms with E-state index in [2.05, 4.69) is 11.4 Å². The third-order valence-electron chi connectivity index (χ3n) is 4.92. The molecule has 0 spiro atoms. The lowest BCUT2D eigenvalue weighted by Gasteiger charge is -2.25. The number of rotatable bonds is 4. The lowest BCUT2D eigenvalue weighted by Crippen LogP contribution is -2.33. The molecule has 2 atom stereocenters. The fourth-order valence-electron chi connectivity index (χ4n) is 3.89. The summed E-state index contributed by atoms with van der Waals surface area (Å²) < 4.78 is 2.00. The molecule has 132 valence electrons. The van der Waals surface area contributed by atoms with E-state index >= 15 is 0 Å². The summed E-state index contributed by atoms with van der Waals surface area (Å²) in [6, 6.07) is 15.0. The third kappa shape index (κ3) is 2.79. The minimum Gasteiger partial charge on any atom is -0.346 e. The molecule has 4 nitrogen and oxygen atoms in total. The molecule has 0 fully saturated rings. The number of hydrogen-bond donors (Lipinski definition) is 1. The van der Waals surface area contributed by atoms with E-state index in [1.807, 2.05) is 47.0 Å². The quantitative estimate of drug-likeness (QED) is 0.536. The maximum absolute atomic E-state index is 12.0. The number of fused-ring (bicyclic) bond motifs is 2. The molecule has 2 aromatic carbocycles. The van der Waals surface area contributed by atoms with Crippen molar-refractivity contribution in [2.24, 2.45) is 0 Å². The van der Waals surface area contributed by atoms with Gasteiger partial charge in [0.2, 0.25) is 5.91 Å². The number of alkyl halides is 1. The zero-order valence-corrected chi connectivity index (χ0v) is 15.3. The molecule has 2 unspecified atom stereocenters. The van der Waals surface area contributed by atoms with Gasteiger partial charge in [0.25, 0.3) is 0 Å². The molecule has 0 bridgehead atoms. The molecule has 26 heavy (non-hydrogen) atoms. The molecule has 1 heterocycles. The first-order valence-electron chi connectivity index (χ1n) is 8.31. The largest absolute Gasteiger partial charge is 0.346 e. The third-order valence-corrected chi connectivity index (χ3v) is 5.40. The Morgan fingerprint density at radius 2 is 2.04 bits per heavy atom. The Balaban J connectivity index is 1.87. The number of amides is 1. The van der Waals surface area contributed by atoms with Crippen molar-refractivity contribution in [1.29, 1.82) is 0 Å². The van der Waals surface area contributed by atoms with E-state index in [-0.39, 0.29) is 23.9 Å². The van der Waals surface area contributed by atoms with Gasteiger partial charge in [0, 0.05) is 15.9 Å². The molecular formula is C20H16Cl2N2O2. The van der Waals surface area contributed by atoms with Gasteiger partial charge in [0.1, 0.15) is 5.88 Å². The highest BCUT2D eigenvalue weighted by Gasteiger charge is 2.36. The highest BCUT2D eigenvalue weighted by Crippen LogP contribution is 2.42. The monoisotopic (exact) mass is 386 g/mol. The molecule has 3 aromatic rings. The first-order chi connectivity index (χ1) is 12.6. The van der Waals surface area contributed by atoms with Gasteiger partial charge in [-0.05, 0) is 41.8 Å². The minimum atomic E-state index is -0.248. The molecule has 0 radical (unpaired) electrons. The second-order valence-electron chi connectivity index (χ2n) is 6.41. The molecule has 6 heteroatoms. The summed E-state index contributed by atoms with van der Waals surface area (Å²) in [5.41, 5.74) is 3.69. The Labute approximate surface area is 160 Å². The first kappa shape index (κ1) is 17.1. The molecule has 1 aliphatic rings. The molecule has 0 saturated carbocycles. The first-order valence-corrected chi connectivity index (χ1v) is 9.22. The van der Waals surface area contributed by atoms with Crippen molar-refractivity contribution in [2.75, 3.05) is 5.88 Å². The van der Waals surface area contributed by atoms with Crippen molar-refractivity contribution in [1.82, 2.24) is 9.88 Å². The van der Waals surface area contributed by atoms with Crippen LogP contribution in [0.2, 0.25) is 5.02 Å². The van der Waals surface area contributed by atoms with Crippen LogP contribution < -0.4 is 5.32 Å². The molecule has 4 rings (SSSR count). The van der Waals surface area contributed by atoms with E-state index in [9.17, 15) is 9.59 Å². The predicted octanol–water partition coefficient (Wildman–Crippen LogP) is 4.30. The number of carbonyl (C=O) groups is 2. The minimum absolute atomic E-state index is 0.103. The van der Waals surface area contributed by atoms with E-state index in [1.165, 1.54) is 0 Å². The SMILES string of the molecule is O=Cc1cc2cc(Cl)ccc2n1C1Cc2ccccc2C1NC(=O)CCl. The van der Waals surface area contributed by atoms with Crippen molar-refractivity contribution in [3.05, 3.63) is 70.4 Å². The van der Waals surface area contributed by atoms with E-state index < -0.39 is 0 Å². The van der Waals surface area contributed by atoms with Gasteiger partial charge >= 0.3 is 0 Å². The zero-order valence-electron chi connectivity index (χ0n) is 13.8. The Morgan fingerprint density at radius 1 is 1.23 bits per heavy atom. The number of carbonyl (C=O) groups excluding carboxylic acids is 2. The van der Waals surface area contributed by atoms with Gasteiger partial charge in [-0.3, -0.25) is 9.59 Å². The van der Waals surface area contributed by atoms with Crippen LogP contribution in [0.1, 0.15) is 33.7 Å². The Hall–Kier alpha value is -2.30. The normalized spacial score (nSPS) is 18.7. The van der Waals surface area contributed by atoms with Gasteiger partial charge in [0.05, 0.1) is 17.8 Å². The summed E-state index contributed by atoms with van der Waals surface area (Å²) in [4.78, 5) is 23.8. The van der Waals surface area contributed by atoms with Crippen LogP contribution in [0.4, 0.5) is 0 Å². The number of halogens is 2. The second-order valence-corrected chi connectivity index (χ2v) is 7.11. The van der Waals surface area contributed by atoms with E-state index in [4.69, 9.17) is 23.2 Å². The van der Waals surface area contributed by atoms with Gasteiger partial charge < -0.3 is 9.88 Å². The van der Waals surface area contributed by atoms with Crippen LogP contribution in [0.5, 0.6) is 0 Å². The highest BCUT2D eigenvalue weighted by atomic mass is 35.5. The van der Waals surface area contributed by atoms with Crippen LogP contribution in [-0.2, 0) is 11.2 Å². The van der Waals surface area contributed by atoms with Crippen LogP contribution in [0, 0.1) is 0 Å². The molecule has 1 amide bonds. The fraction of sp³-hybridized carbons (Fsp3) is 0.200. The lowest BCUT2D eigenvalue weighted by molar-refractivity contribution is -0.119. The molecule has 0 aliphatic heterocycles. The Kier molecular flexibility index (Phi) is 4.47. The number of benzene rings is 2. The second kappa shape index (κ2) is 6.78. The molecule has 1 aromatic heterocycles. The number of nitrogens with one attached hydrogen (secondary N) is 1. The van der Waals surface area contributed by atoms with Crippen molar-refractivity contribution in [3.63, 3.8) is 0 Å². The van der Waals surface area contributed by atoms with Crippen molar-refractivity contribution < 1.29 is 9.59 Å². The van der Waals surface area contributed by atoms with Crippen molar-refractivity contribution in [2.45, 2.75) is 18.5 Å². The van der Waals surface area contributed by atoms with Gasteiger partial charge in [-0.15, -0.1) is 11.6 Å². The number of nitrogens with zero attached hydrogens (tertiary/aromatic N) is 1. The summed E-state index contributed by atoms with van der Waals surface area (Å²) in [5.74, 6) is -0.334. The van der Waals surface area contributed by atoms with Crippen LogP contribution >= 0.6 is 23.2 Å². The topological polar surface area (TPSA) is 51.1 Å². The molecule has 0 saturated heterocycles. The number of hydrogen-bond acceptors (Lipinski definition) is 2. The van der Waals surface area contributed by atoms with E-state index in [0.29, 0.717) is 10.7 Å². The van der Waals surface area contributed by atoms with Crippen LogP contribution in [-0.4, -0.2) is 22.6 Å². The summed E-state index contributed by atoms with van der Waals surface area (Å²) in [7, 11) is 0. The van der Waals surface area contributed by atoms with Crippen LogP contribution in [0.15, 0.2) is 48.5 Å². The summed E-state index contributed by atoms with van der Waals surface area (Å²) >= 11 is 11.8. The Bertz CT molecular complexity index is 1010. The van der Waals surface area contributed by atoms with E-state index in [1.54, 1.807) is 0 Å². The maximum atomic E-state index is 12.0. The summed E-state index contributed by atoms with van der Waals surface area (Å²) in [5, 5.41) is 4.54. The molecular weight excluding hydrogens is 371 g/mol. The van der Waals surface area contributed by atoms with Gasteiger partial charge in [-0.25, -0.2) is 0 Å². The Morgan fingerprint density at radius 3 is 2.81 bits per heavy atom. The average molecular weight is 387 g/mol. The van der Waals surface area contributed by atoms with Crippen molar-refractivity contribution in [3.8, 4) is 0 Å². The standard InChI is InChI=1S/C20H16Cl2N2O2/c21-10-19(26)23-20-16-4-2-1-3-12(16)9-18(20)24-15(11-25)8-13-7-14(22)5-6-17(13)24/h1-8,11,18,20H,9-10H2,(H,23,26). The van der Waals surface area contributed by atoms with Crippen molar-refractivity contribution >= 4 is 46.3 Å². The predicted molar refractivity (Wildman–Crippen MR) is 103 cm³/mol.